The number of benzene rings is 2. The fourth-order valence-electron chi connectivity index (χ4n) is 4.35. The zero-order valence-electron chi connectivity index (χ0n) is 24.3. The number of halogens is 2. The van der Waals surface area contributed by atoms with Crippen molar-refractivity contribution in [1.29, 1.82) is 0 Å². The number of fused-ring (bicyclic) bond motifs is 1. The molecule has 0 saturated carbocycles. The number of nitrogens with zero attached hydrogens (tertiary/aromatic N) is 3. The molecule has 0 radical (unpaired) electrons. The fraction of sp³-hybridized carbons (Fsp3) is 0.156. The second-order valence-corrected chi connectivity index (χ2v) is 11.4. The molecule has 0 saturated heterocycles. The maximum atomic E-state index is 15.1. The molecule has 0 aliphatic heterocycles. The van der Waals surface area contributed by atoms with Crippen molar-refractivity contribution < 1.29 is 33.0 Å². The summed E-state index contributed by atoms with van der Waals surface area (Å²) < 4.78 is 39.8. The highest BCUT2D eigenvalue weighted by Crippen LogP contribution is 2.39. The van der Waals surface area contributed by atoms with E-state index < -0.39 is 23.6 Å². The van der Waals surface area contributed by atoms with Gasteiger partial charge in [-0.05, 0) is 59.7 Å². The van der Waals surface area contributed by atoms with Crippen LogP contribution in [0.4, 0.5) is 19.3 Å². The molecule has 5 aromatic rings. The first-order chi connectivity index (χ1) is 22.2. The normalized spacial score (nSPS) is 10.8. The zero-order valence-corrected chi connectivity index (χ0v) is 26.0. The monoisotopic (exact) mass is 663 g/mol. The lowest BCUT2D eigenvalue weighted by Crippen LogP contribution is -2.35. The third kappa shape index (κ3) is 8.35. The summed E-state index contributed by atoms with van der Waals surface area (Å²) in [6, 6.07) is 16.8. The number of nitrogens with one attached hydrogen (secondary N) is 2. The van der Waals surface area contributed by atoms with Crippen LogP contribution in [0, 0.1) is 11.6 Å². The Labute approximate surface area is 271 Å². The van der Waals surface area contributed by atoms with Crippen LogP contribution in [-0.2, 0) is 22.5 Å². The number of hydrogen-bond donors (Lipinski definition) is 3. The van der Waals surface area contributed by atoms with Gasteiger partial charge >= 0.3 is 6.09 Å². The molecule has 2 aromatic carbocycles. The van der Waals surface area contributed by atoms with E-state index in [1.807, 2.05) is 12.1 Å². The Kier molecular flexibility index (Phi) is 10.4. The summed E-state index contributed by atoms with van der Waals surface area (Å²) >= 11 is 6.55. The number of carbonyl (C=O) groups is 2. The first-order valence-electron chi connectivity index (χ1n) is 13.8. The van der Waals surface area contributed by atoms with E-state index in [1.165, 1.54) is 59.7 Å². The van der Waals surface area contributed by atoms with Crippen LogP contribution in [0.3, 0.4) is 0 Å². The van der Waals surface area contributed by atoms with E-state index >= 15 is 4.39 Å². The Bertz CT molecular complexity index is 1870. The maximum absolute atomic E-state index is 15.1. The number of pyridine rings is 2. The van der Waals surface area contributed by atoms with Crippen LogP contribution in [0.25, 0.3) is 20.8 Å². The zero-order chi connectivity index (χ0) is 32.6. The summed E-state index contributed by atoms with van der Waals surface area (Å²) in [7, 11) is 1.51. The van der Waals surface area contributed by atoms with E-state index in [0.29, 0.717) is 32.9 Å². The van der Waals surface area contributed by atoms with Crippen LogP contribution in [0.1, 0.15) is 11.1 Å². The summed E-state index contributed by atoms with van der Waals surface area (Å²) in [5, 5.41) is 14.7. The van der Waals surface area contributed by atoms with Crippen LogP contribution >= 0.6 is 23.6 Å². The Morgan fingerprint density at radius 2 is 1.78 bits per heavy atom. The SMILES string of the molecule is COCCN(Cc1ccc(-c2cc3nccc(Oc4ccc(NC(=S)NC(=O)Cc5ccc(F)cc5)cc4F)c3s2)nc1)C(=O)O. The lowest BCUT2D eigenvalue weighted by Gasteiger charge is -2.18. The van der Waals surface area contributed by atoms with Gasteiger partial charge in [0.2, 0.25) is 5.91 Å². The van der Waals surface area contributed by atoms with E-state index in [-0.39, 0.29) is 37.0 Å². The number of rotatable bonds is 11. The predicted molar refractivity (Wildman–Crippen MR) is 174 cm³/mol. The number of thiocarbonyl (C=S) groups is 1. The van der Waals surface area contributed by atoms with Crippen LogP contribution in [-0.4, -0.2) is 57.3 Å². The number of hydrogen-bond acceptors (Lipinski definition) is 8. The first kappa shape index (κ1) is 32.3. The van der Waals surface area contributed by atoms with Gasteiger partial charge in [-0.2, -0.15) is 0 Å². The molecule has 0 aliphatic rings. The van der Waals surface area contributed by atoms with Gasteiger partial charge in [0.15, 0.2) is 16.7 Å². The molecule has 0 spiro atoms. The molecule has 0 unspecified atom stereocenters. The summed E-state index contributed by atoms with van der Waals surface area (Å²) in [5.41, 5.74) is 2.95. The highest BCUT2D eigenvalue weighted by molar-refractivity contribution is 7.80. The molecule has 0 aliphatic carbocycles. The van der Waals surface area contributed by atoms with Crippen LogP contribution in [0.2, 0.25) is 0 Å². The molecule has 14 heteroatoms. The summed E-state index contributed by atoms with van der Waals surface area (Å²) in [6.45, 7) is 0.705. The van der Waals surface area contributed by atoms with Crippen molar-refractivity contribution in [3.05, 3.63) is 102 Å². The fourth-order valence-corrected chi connectivity index (χ4v) is 5.62. The Hall–Kier alpha value is -5.05. The molecule has 3 aromatic heterocycles. The van der Waals surface area contributed by atoms with Crippen molar-refractivity contribution in [1.82, 2.24) is 20.2 Å². The Morgan fingerprint density at radius 1 is 1.00 bits per heavy atom. The molecule has 0 fully saturated rings. The van der Waals surface area contributed by atoms with Crippen LogP contribution in [0.15, 0.2) is 79.1 Å². The minimum atomic E-state index is -1.04. The molecule has 5 rings (SSSR count). The molecule has 236 valence electrons. The van der Waals surface area contributed by atoms with Crippen LogP contribution in [0.5, 0.6) is 11.5 Å². The summed E-state index contributed by atoms with van der Waals surface area (Å²) in [6.07, 6.45) is 2.14. The highest BCUT2D eigenvalue weighted by atomic mass is 32.1. The van der Waals surface area contributed by atoms with Gasteiger partial charge in [-0.3, -0.25) is 14.8 Å². The predicted octanol–water partition coefficient (Wildman–Crippen LogP) is 6.61. The van der Waals surface area contributed by atoms with E-state index in [2.05, 4.69) is 20.6 Å². The van der Waals surface area contributed by atoms with Gasteiger partial charge in [0.25, 0.3) is 0 Å². The molecule has 10 nitrogen and oxygen atoms in total. The number of methoxy groups -OCH3 is 1. The summed E-state index contributed by atoms with van der Waals surface area (Å²) in [5.74, 6) is -1.10. The van der Waals surface area contributed by atoms with E-state index in [9.17, 15) is 19.1 Å². The average molecular weight is 664 g/mol. The van der Waals surface area contributed by atoms with Gasteiger partial charge in [0.1, 0.15) is 11.6 Å². The van der Waals surface area contributed by atoms with E-state index in [1.54, 1.807) is 30.6 Å². The lowest BCUT2D eigenvalue weighted by atomic mass is 10.1. The number of carboxylic acid groups (broad SMARTS) is 1. The van der Waals surface area contributed by atoms with Gasteiger partial charge in [-0.1, -0.05) is 18.2 Å². The number of thiophene rings is 1. The topological polar surface area (TPSA) is 126 Å². The van der Waals surface area contributed by atoms with Gasteiger partial charge in [-0.25, -0.2) is 13.6 Å². The van der Waals surface area contributed by atoms with E-state index in [4.69, 9.17) is 21.7 Å². The Balaban J connectivity index is 1.23. The smallest absolute Gasteiger partial charge is 0.407 e. The van der Waals surface area contributed by atoms with Crippen LogP contribution < -0.4 is 15.4 Å². The standard InChI is InChI=1S/C32H27F2N5O5S2/c1-43-13-12-39(32(41)42)18-20-4-8-24(36-17-20)28-16-25-30(46-28)27(10-11-35-25)44-26-9-7-22(15-23(26)34)37-31(45)38-29(40)14-19-2-5-21(33)6-3-19/h2-11,15-17H,12-14,18H2,1H3,(H,41,42)(H2,37,38,40,45). The molecular formula is C32H27F2N5O5S2. The second kappa shape index (κ2) is 14.8. The van der Waals surface area contributed by atoms with E-state index in [0.717, 1.165) is 10.4 Å². The highest BCUT2D eigenvalue weighted by Gasteiger charge is 2.16. The summed E-state index contributed by atoms with van der Waals surface area (Å²) in [4.78, 5) is 34.8. The first-order valence-corrected chi connectivity index (χ1v) is 15.0. The molecular weight excluding hydrogens is 637 g/mol. The minimum absolute atomic E-state index is 0.00368. The molecule has 0 atom stereocenters. The van der Waals surface area contributed by atoms with Gasteiger partial charge in [0, 0.05) is 43.9 Å². The lowest BCUT2D eigenvalue weighted by molar-refractivity contribution is -0.119. The number of carbonyl (C=O) groups excluding carboxylic acids is 1. The largest absolute Gasteiger partial charge is 0.465 e. The molecule has 0 bridgehead atoms. The number of amides is 2. The van der Waals surface area contributed by atoms with Crippen molar-refractivity contribution in [2.75, 3.05) is 25.6 Å². The Morgan fingerprint density at radius 3 is 2.48 bits per heavy atom. The number of ether oxygens (including phenoxy) is 2. The average Bonchev–Trinajstić information content (AvgIpc) is 3.47. The third-order valence-corrected chi connectivity index (χ3v) is 7.97. The van der Waals surface area contributed by atoms with Crippen molar-refractivity contribution in [2.24, 2.45) is 0 Å². The maximum Gasteiger partial charge on any atom is 0.407 e. The van der Waals surface area contributed by atoms with Gasteiger partial charge in [-0.15, -0.1) is 11.3 Å². The molecule has 2 amide bonds. The molecule has 46 heavy (non-hydrogen) atoms. The molecule has 3 N–H and O–H groups in total. The second-order valence-electron chi connectivity index (χ2n) is 9.94. The third-order valence-electron chi connectivity index (χ3n) is 6.60. The van der Waals surface area contributed by atoms with Crippen molar-refractivity contribution in [2.45, 2.75) is 13.0 Å². The number of anilines is 1. The van der Waals surface area contributed by atoms with Crippen molar-refractivity contribution >= 4 is 56.6 Å². The molecule has 3 heterocycles. The van der Waals surface area contributed by atoms with Crippen molar-refractivity contribution in [3.63, 3.8) is 0 Å². The quantitative estimate of drug-likeness (QED) is 0.134. The number of aromatic nitrogens is 2. The minimum Gasteiger partial charge on any atom is -0.465 e. The van der Waals surface area contributed by atoms with Crippen molar-refractivity contribution in [3.8, 4) is 22.1 Å². The van der Waals surface area contributed by atoms with Gasteiger partial charge < -0.3 is 30.1 Å². The van der Waals surface area contributed by atoms with Gasteiger partial charge in [0.05, 0.1) is 40.4 Å².